The van der Waals surface area contributed by atoms with Crippen molar-refractivity contribution in [3.05, 3.63) is 53.1 Å². The summed E-state index contributed by atoms with van der Waals surface area (Å²) in [5.74, 6) is -1.22. The third-order valence-electron chi connectivity index (χ3n) is 4.45. The lowest BCUT2D eigenvalue weighted by Gasteiger charge is -2.12. The Labute approximate surface area is 198 Å². The number of methoxy groups -OCH3 is 2. The van der Waals surface area contributed by atoms with E-state index in [0.29, 0.717) is 42.3 Å². The molecule has 0 unspecified atom stereocenters. The second-order valence-electron chi connectivity index (χ2n) is 7.42. The van der Waals surface area contributed by atoms with Gasteiger partial charge in [0.25, 0.3) is 5.91 Å². The summed E-state index contributed by atoms with van der Waals surface area (Å²) in [6, 6.07) is 10.7. The SMILES string of the molecule is COCCCNC(=O)C(=O)N/N=C\c1ccc(OCC(=O)Nc2cc(C)cc(C)c2)c(OC)c1. The molecule has 0 radical (unpaired) electrons. The molecule has 0 fully saturated rings. The van der Waals surface area contributed by atoms with Crippen molar-refractivity contribution in [3.63, 3.8) is 0 Å². The number of benzene rings is 2. The van der Waals surface area contributed by atoms with Crippen LogP contribution < -0.4 is 25.5 Å². The molecule has 0 aromatic heterocycles. The quantitative estimate of drug-likeness (QED) is 0.199. The Bertz CT molecular complexity index is 1020. The summed E-state index contributed by atoms with van der Waals surface area (Å²) in [5, 5.41) is 9.04. The van der Waals surface area contributed by atoms with Crippen LogP contribution in [0.25, 0.3) is 0 Å². The molecule has 0 spiro atoms. The minimum Gasteiger partial charge on any atom is -0.493 e. The van der Waals surface area contributed by atoms with Gasteiger partial charge < -0.3 is 24.8 Å². The summed E-state index contributed by atoms with van der Waals surface area (Å²) in [4.78, 5) is 35.7. The topological polar surface area (TPSA) is 127 Å². The third kappa shape index (κ3) is 8.91. The number of ether oxygens (including phenoxy) is 3. The maximum Gasteiger partial charge on any atom is 0.329 e. The molecule has 3 N–H and O–H groups in total. The van der Waals surface area contributed by atoms with Crippen LogP contribution in [0.3, 0.4) is 0 Å². The van der Waals surface area contributed by atoms with Crippen LogP contribution in [-0.4, -0.2) is 57.9 Å². The number of hydrogen-bond donors (Lipinski definition) is 3. The van der Waals surface area contributed by atoms with Gasteiger partial charge in [-0.3, -0.25) is 14.4 Å². The highest BCUT2D eigenvalue weighted by molar-refractivity contribution is 6.35. The second-order valence-corrected chi connectivity index (χ2v) is 7.42. The van der Waals surface area contributed by atoms with Crippen molar-refractivity contribution in [1.82, 2.24) is 10.7 Å². The number of hydrazone groups is 1. The molecule has 10 heteroatoms. The van der Waals surface area contributed by atoms with Crippen LogP contribution in [0.1, 0.15) is 23.1 Å². The van der Waals surface area contributed by atoms with Crippen molar-refractivity contribution in [1.29, 1.82) is 0 Å². The average Bonchev–Trinajstić information content (AvgIpc) is 2.79. The van der Waals surface area contributed by atoms with Crippen LogP contribution >= 0.6 is 0 Å². The van der Waals surface area contributed by atoms with Crippen LogP contribution in [0.4, 0.5) is 5.69 Å². The van der Waals surface area contributed by atoms with Gasteiger partial charge in [-0.25, -0.2) is 5.43 Å². The van der Waals surface area contributed by atoms with E-state index in [-0.39, 0.29) is 12.5 Å². The molecule has 2 rings (SSSR count). The van der Waals surface area contributed by atoms with Crippen molar-refractivity contribution in [3.8, 4) is 11.5 Å². The van der Waals surface area contributed by atoms with Crippen LogP contribution in [0.5, 0.6) is 11.5 Å². The number of amides is 3. The van der Waals surface area contributed by atoms with Gasteiger partial charge in [-0.2, -0.15) is 5.10 Å². The standard InChI is InChI=1S/C24H30N4O6/c1-16-10-17(2)12-19(11-16)27-22(29)15-34-20-7-6-18(13-21(20)33-4)14-26-28-24(31)23(30)25-8-5-9-32-3/h6-7,10-14H,5,8-9,15H2,1-4H3,(H,25,30)(H,27,29)(H,28,31)/b26-14-. The molecule has 0 heterocycles. The van der Waals surface area contributed by atoms with Gasteiger partial charge in [-0.1, -0.05) is 6.07 Å². The minimum atomic E-state index is -0.879. The van der Waals surface area contributed by atoms with E-state index in [1.54, 1.807) is 25.3 Å². The lowest BCUT2D eigenvalue weighted by molar-refractivity contribution is -0.139. The Morgan fingerprint density at radius 3 is 2.38 bits per heavy atom. The zero-order valence-electron chi connectivity index (χ0n) is 19.8. The highest BCUT2D eigenvalue weighted by Gasteiger charge is 2.12. The fourth-order valence-electron chi connectivity index (χ4n) is 2.99. The Hall–Kier alpha value is -3.92. The molecule has 3 amide bonds. The molecule has 0 bridgehead atoms. The Kier molecular flexibility index (Phi) is 10.5. The summed E-state index contributed by atoms with van der Waals surface area (Å²) in [6.07, 6.45) is 1.95. The maximum atomic E-state index is 12.3. The van der Waals surface area contributed by atoms with E-state index in [9.17, 15) is 14.4 Å². The molecule has 0 aliphatic carbocycles. The molecule has 10 nitrogen and oxygen atoms in total. The number of carbonyl (C=O) groups excluding carboxylic acids is 3. The highest BCUT2D eigenvalue weighted by atomic mass is 16.5. The summed E-state index contributed by atoms with van der Waals surface area (Å²) >= 11 is 0. The molecule has 0 saturated carbocycles. The van der Waals surface area contributed by atoms with Gasteiger partial charge in [0.15, 0.2) is 18.1 Å². The van der Waals surface area contributed by atoms with Gasteiger partial charge >= 0.3 is 11.8 Å². The van der Waals surface area contributed by atoms with E-state index in [2.05, 4.69) is 21.2 Å². The van der Waals surface area contributed by atoms with Gasteiger partial charge in [-0.15, -0.1) is 0 Å². The Morgan fingerprint density at radius 2 is 1.71 bits per heavy atom. The van der Waals surface area contributed by atoms with E-state index >= 15 is 0 Å². The fraction of sp³-hybridized carbons (Fsp3) is 0.333. The predicted octanol–water partition coefficient (Wildman–Crippen LogP) is 1.93. The van der Waals surface area contributed by atoms with E-state index in [0.717, 1.165) is 11.1 Å². The van der Waals surface area contributed by atoms with E-state index in [4.69, 9.17) is 14.2 Å². The molecular weight excluding hydrogens is 440 g/mol. The lowest BCUT2D eigenvalue weighted by Crippen LogP contribution is -2.38. The van der Waals surface area contributed by atoms with Gasteiger partial charge in [0, 0.05) is 25.9 Å². The fourth-order valence-corrected chi connectivity index (χ4v) is 2.99. The monoisotopic (exact) mass is 470 g/mol. The van der Waals surface area contributed by atoms with Crippen LogP contribution in [0, 0.1) is 13.8 Å². The second kappa shape index (κ2) is 13.6. The maximum absolute atomic E-state index is 12.3. The molecule has 34 heavy (non-hydrogen) atoms. The Morgan fingerprint density at radius 1 is 0.971 bits per heavy atom. The molecule has 2 aromatic carbocycles. The molecule has 0 aliphatic heterocycles. The van der Waals surface area contributed by atoms with Crippen LogP contribution in [-0.2, 0) is 19.1 Å². The zero-order chi connectivity index (χ0) is 24.9. The average molecular weight is 471 g/mol. The number of nitrogens with one attached hydrogen (secondary N) is 3. The molecule has 182 valence electrons. The Balaban J connectivity index is 1.87. The molecule has 0 atom stereocenters. The molecule has 0 saturated heterocycles. The number of aryl methyl sites for hydroxylation is 2. The van der Waals surface area contributed by atoms with E-state index in [1.807, 2.05) is 32.0 Å². The van der Waals surface area contributed by atoms with Gasteiger partial charge in [0.1, 0.15) is 0 Å². The first-order valence-electron chi connectivity index (χ1n) is 10.6. The van der Waals surface area contributed by atoms with Crippen LogP contribution in [0.2, 0.25) is 0 Å². The highest BCUT2D eigenvalue weighted by Crippen LogP contribution is 2.27. The normalized spacial score (nSPS) is 10.6. The van der Waals surface area contributed by atoms with Crippen molar-refractivity contribution in [2.24, 2.45) is 5.10 Å². The summed E-state index contributed by atoms with van der Waals surface area (Å²) in [7, 11) is 3.02. The molecular formula is C24H30N4O6. The zero-order valence-corrected chi connectivity index (χ0v) is 19.8. The van der Waals surface area contributed by atoms with Crippen molar-refractivity contribution in [2.45, 2.75) is 20.3 Å². The van der Waals surface area contributed by atoms with Gasteiger partial charge in [0.05, 0.1) is 13.3 Å². The predicted molar refractivity (Wildman–Crippen MR) is 128 cm³/mol. The minimum absolute atomic E-state index is 0.202. The third-order valence-corrected chi connectivity index (χ3v) is 4.45. The number of nitrogens with zero attached hydrogens (tertiary/aromatic N) is 1. The summed E-state index contributed by atoms with van der Waals surface area (Å²) in [5.41, 5.74) is 5.55. The largest absolute Gasteiger partial charge is 0.493 e. The number of anilines is 1. The first-order valence-corrected chi connectivity index (χ1v) is 10.6. The van der Waals surface area contributed by atoms with Gasteiger partial charge in [-0.05, 0) is 67.3 Å². The lowest BCUT2D eigenvalue weighted by atomic mass is 10.1. The number of carbonyl (C=O) groups is 3. The number of rotatable bonds is 11. The number of hydrogen-bond acceptors (Lipinski definition) is 7. The van der Waals surface area contributed by atoms with Crippen molar-refractivity contribution >= 4 is 29.6 Å². The molecule has 2 aromatic rings. The van der Waals surface area contributed by atoms with Crippen molar-refractivity contribution < 1.29 is 28.6 Å². The first kappa shape index (κ1) is 26.3. The molecule has 0 aliphatic rings. The van der Waals surface area contributed by atoms with Crippen LogP contribution in [0.15, 0.2) is 41.5 Å². The van der Waals surface area contributed by atoms with E-state index < -0.39 is 11.8 Å². The first-order chi connectivity index (χ1) is 16.3. The summed E-state index contributed by atoms with van der Waals surface area (Å²) in [6.45, 7) is 4.52. The smallest absolute Gasteiger partial charge is 0.329 e. The van der Waals surface area contributed by atoms with Crippen molar-refractivity contribution in [2.75, 3.05) is 39.3 Å². The van der Waals surface area contributed by atoms with Gasteiger partial charge in [0.2, 0.25) is 0 Å². The van der Waals surface area contributed by atoms with E-state index in [1.165, 1.54) is 13.3 Å². The summed E-state index contributed by atoms with van der Waals surface area (Å²) < 4.78 is 15.8.